The molecule has 2 rings (SSSR count). The molecule has 1 aromatic carbocycles. The molecule has 0 spiro atoms. The highest BCUT2D eigenvalue weighted by Crippen LogP contribution is 2.26. The van der Waals surface area contributed by atoms with E-state index in [1.807, 2.05) is 12.1 Å². The van der Waals surface area contributed by atoms with Crippen LogP contribution < -0.4 is 0 Å². The highest BCUT2D eigenvalue weighted by atomic mass is 16.3. The first-order chi connectivity index (χ1) is 9.00. The number of aliphatic hydroxyl groups is 1. The van der Waals surface area contributed by atoms with Crippen LogP contribution in [0.2, 0.25) is 0 Å². The maximum atomic E-state index is 10.6. The topological polar surface area (TPSA) is 43.7 Å². The van der Waals surface area contributed by atoms with Crippen LogP contribution in [0.15, 0.2) is 24.3 Å². The van der Waals surface area contributed by atoms with E-state index < -0.39 is 6.10 Å². The molecule has 3 heteroatoms. The van der Waals surface area contributed by atoms with Gasteiger partial charge in [-0.3, -0.25) is 4.90 Å². The van der Waals surface area contributed by atoms with Crippen LogP contribution in [0.5, 0.6) is 5.75 Å². The van der Waals surface area contributed by atoms with Crippen molar-refractivity contribution in [1.29, 1.82) is 0 Å². The molecule has 2 N–H and O–H groups in total. The molecule has 1 aliphatic rings. The largest absolute Gasteiger partial charge is 0.508 e. The summed E-state index contributed by atoms with van der Waals surface area (Å²) in [5.41, 5.74) is 0.767. The van der Waals surface area contributed by atoms with Crippen molar-refractivity contribution in [1.82, 2.24) is 4.90 Å². The van der Waals surface area contributed by atoms with Crippen molar-refractivity contribution in [2.24, 2.45) is 0 Å². The average molecular weight is 263 g/mol. The highest BCUT2D eigenvalue weighted by Gasteiger charge is 2.34. The first-order valence-electron chi connectivity index (χ1n) is 7.21. The molecule has 1 aliphatic heterocycles. The number of piperidine rings is 1. The molecule has 1 atom stereocenters. The first-order valence-corrected chi connectivity index (χ1v) is 7.21. The number of phenolic OH excluding ortho intramolecular Hbond substituents is 1. The van der Waals surface area contributed by atoms with E-state index in [4.69, 9.17) is 0 Å². The number of likely N-dealkylation sites (tertiary alicyclic amines) is 1. The molecule has 1 unspecified atom stereocenters. The number of aromatic hydroxyl groups is 1. The van der Waals surface area contributed by atoms with Crippen LogP contribution in [0.4, 0.5) is 0 Å². The van der Waals surface area contributed by atoms with Gasteiger partial charge in [-0.15, -0.1) is 0 Å². The van der Waals surface area contributed by atoms with Crippen LogP contribution >= 0.6 is 0 Å². The third-order valence-corrected chi connectivity index (χ3v) is 4.33. The molecule has 0 saturated carbocycles. The van der Waals surface area contributed by atoms with Gasteiger partial charge in [-0.25, -0.2) is 0 Å². The number of phenols is 1. The summed E-state index contributed by atoms with van der Waals surface area (Å²) in [4.78, 5) is 2.39. The number of nitrogens with zero attached hydrogens (tertiary/aromatic N) is 1. The quantitative estimate of drug-likeness (QED) is 0.877. The van der Waals surface area contributed by atoms with Gasteiger partial charge in [0.05, 0.1) is 6.10 Å². The fourth-order valence-corrected chi connectivity index (χ4v) is 2.84. The number of rotatable bonds is 4. The Labute approximate surface area is 115 Å². The molecule has 106 valence electrons. The Morgan fingerprint density at radius 1 is 1.21 bits per heavy atom. The van der Waals surface area contributed by atoms with Crippen LogP contribution in [-0.2, 0) is 6.42 Å². The standard InChI is InChI=1S/C16H25NO2/c1-16(2,17-9-4-3-5-10-17)15(19)12-13-7-6-8-14(18)11-13/h6-8,11,15,18-19H,3-5,9-10,12H2,1-2H3. The zero-order valence-electron chi connectivity index (χ0n) is 12.0. The molecule has 1 saturated heterocycles. The van der Waals surface area contributed by atoms with Crippen LogP contribution in [0, 0.1) is 0 Å². The van der Waals surface area contributed by atoms with E-state index in [0.29, 0.717) is 6.42 Å². The van der Waals surface area contributed by atoms with Gasteiger partial charge < -0.3 is 10.2 Å². The van der Waals surface area contributed by atoms with Crippen molar-refractivity contribution >= 4 is 0 Å². The Hall–Kier alpha value is -1.06. The number of hydrogen-bond acceptors (Lipinski definition) is 3. The predicted molar refractivity (Wildman–Crippen MR) is 77.3 cm³/mol. The molecule has 0 aromatic heterocycles. The first kappa shape index (κ1) is 14.4. The lowest BCUT2D eigenvalue weighted by Crippen LogP contribution is -2.54. The minimum atomic E-state index is -0.424. The van der Waals surface area contributed by atoms with Crippen molar-refractivity contribution < 1.29 is 10.2 Å². The number of benzene rings is 1. The highest BCUT2D eigenvalue weighted by molar-refractivity contribution is 5.27. The molecule has 1 heterocycles. The molecule has 0 aliphatic carbocycles. The monoisotopic (exact) mass is 263 g/mol. The second-order valence-electron chi connectivity index (χ2n) is 6.09. The van der Waals surface area contributed by atoms with Gasteiger partial charge in [0.25, 0.3) is 0 Å². The molecule has 1 aromatic rings. The van der Waals surface area contributed by atoms with Crippen molar-refractivity contribution in [2.75, 3.05) is 13.1 Å². The third-order valence-electron chi connectivity index (χ3n) is 4.33. The van der Waals surface area contributed by atoms with Gasteiger partial charge >= 0.3 is 0 Å². The SMILES string of the molecule is CC(C)(C(O)Cc1cccc(O)c1)N1CCCCC1. The smallest absolute Gasteiger partial charge is 0.115 e. The summed E-state index contributed by atoms with van der Waals surface area (Å²) in [6.07, 6.45) is 3.91. The van der Waals surface area contributed by atoms with Crippen LogP contribution in [-0.4, -0.2) is 39.8 Å². The summed E-state index contributed by atoms with van der Waals surface area (Å²) < 4.78 is 0. The van der Waals surface area contributed by atoms with Crippen LogP contribution in [0.1, 0.15) is 38.7 Å². The number of aliphatic hydroxyl groups excluding tert-OH is 1. The van der Waals surface area contributed by atoms with Gasteiger partial charge in [0.15, 0.2) is 0 Å². The molecular weight excluding hydrogens is 238 g/mol. The molecule has 3 nitrogen and oxygen atoms in total. The minimum Gasteiger partial charge on any atom is -0.508 e. The van der Waals surface area contributed by atoms with E-state index in [1.54, 1.807) is 12.1 Å². The van der Waals surface area contributed by atoms with Crippen molar-refractivity contribution in [3.8, 4) is 5.75 Å². The maximum absolute atomic E-state index is 10.6. The molecular formula is C16H25NO2. The van der Waals surface area contributed by atoms with E-state index >= 15 is 0 Å². The molecule has 0 bridgehead atoms. The fraction of sp³-hybridized carbons (Fsp3) is 0.625. The van der Waals surface area contributed by atoms with Gasteiger partial charge in [0.2, 0.25) is 0 Å². The van der Waals surface area contributed by atoms with E-state index in [-0.39, 0.29) is 11.3 Å². The lowest BCUT2D eigenvalue weighted by Gasteiger charge is -2.44. The Bertz CT molecular complexity index is 411. The minimum absolute atomic E-state index is 0.216. The summed E-state index contributed by atoms with van der Waals surface area (Å²) in [7, 11) is 0. The normalized spacial score (nSPS) is 19.3. The summed E-state index contributed by atoms with van der Waals surface area (Å²) in [5, 5.41) is 20.0. The Kier molecular flexibility index (Phi) is 4.48. The van der Waals surface area contributed by atoms with Gasteiger partial charge in [-0.2, -0.15) is 0 Å². The summed E-state index contributed by atoms with van der Waals surface area (Å²) in [6, 6.07) is 7.17. The summed E-state index contributed by atoms with van der Waals surface area (Å²) >= 11 is 0. The van der Waals surface area contributed by atoms with E-state index in [0.717, 1.165) is 18.7 Å². The fourth-order valence-electron chi connectivity index (χ4n) is 2.84. The second-order valence-corrected chi connectivity index (χ2v) is 6.09. The Morgan fingerprint density at radius 2 is 1.89 bits per heavy atom. The predicted octanol–water partition coefficient (Wildman–Crippen LogP) is 2.56. The van der Waals surface area contributed by atoms with Gasteiger partial charge in [0, 0.05) is 12.0 Å². The lowest BCUT2D eigenvalue weighted by molar-refractivity contribution is -0.0187. The van der Waals surface area contributed by atoms with E-state index in [2.05, 4.69) is 18.7 Å². The second kappa shape index (κ2) is 5.93. The van der Waals surface area contributed by atoms with Gasteiger partial charge in [-0.1, -0.05) is 18.6 Å². The van der Waals surface area contributed by atoms with Crippen LogP contribution in [0.3, 0.4) is 0 Å². The Balaban J connectivity index is 2.03. The molecule has 19 heavy (non-hydrogen) atoms. The summed E-state index contributed by atoms with van der Waals surface area (Å²) in [6.45, 7) is 6.38. The molecule has 0 amide bonds. The summed E-state index contributed by atoms with van der Waals surface area (Å²) in [5.74, 6) is 0.264. The molecule has 1 fully saturated rings. The van der Waals surface area contributed by atoms with E-state index in [1.165, 1.54) is 19.3 Å². The Morgan fingerprint density at radius 3 is 2.53 bits per heavy atom. The average Bonchev–Trinajstić information content (AvgIpc) is 2.39. The van der Waals surface area contributed by atoms with Crippen molar-refractivity contribution in [3.05, 3.63) is 29.8 Å². The van der Waals surface area contributed by atoms with Crippen molar-refractivity contribution in [2.45, 2.75) is 51.2 Å². The van der Waals surface area contributed by atoms with Gasteiger partial charge in [0.1, 0.15) is 5.75 Å². The lowest BCUT2D eigenvalue weighted by atomic mass is 9.88. The zero-order chi connectivity index (χ0) is 13.9. The maximum Gasteiger partial charge on any atom is 0.115 e. The zero-order valence-corrected chi connectivity index (χ0v) is 12.0. The molecule has 0 radical (unpaired) electrons. The third kappa shape index (κ3) is 3.48. The number of hydrogen-bond donors (Lipinski definition) is 2. The van der Waals surface area contributed by atoms with E-state index in [9.17, 15) is 10.2 Å². The van der Waals surface area contributed by atoms with Gasteiger partial charge in [-0.05, 0) is 57.5 Å². The van der Waals surface area contributed by atoms with Crippen molar-refractivity contribution in [3.63, 3.8) is 0 Å². The van der Waals surface area contributed by atoms with Crippen LogP contribution in [0.25, 0.3) is 0 Å².